The number of aromatic nitrogens is 2. The van der Waals surface area contributed by atoms with Gasteiger partial charge in [-0.2, -0.15) is 0 Å². The topological polar surface area (TPSA) is 8.81 Å². The van der Waals surface area contributed by atoms with Gasteiger partial charge in [0.25, 0.3) is 0 Å². The van der Waals surface area contributed by atoms with E-state index in [1.807, 2.05) is 7.05 Å². The van der Waals surface area contributed by atoms with Gasteiger partial charge >= 0.3 is 24.0 Å². The molecule has 0 aliphatic carbocycles. The lowest BCUT2D eigenvalue weighted by Crippen LogP contribution is -3.00. The fraction of sp³-hybridized carbons (Fsp3) is 0.667. The summed E-state index contributed by atoms with van der Waals surface area (Å²) in [5.74, 6) is 0.794. The second-order valence-corrected chi connectivity index (χ2v) is 3.50. The predicted molar refractivity (Wildman–Crippen MR) is 45.1 cm³/mol. The molecule has 0 N–H and O–H groups in total. The standard InChI is InChI=1S/C9H17N2.I/c1-9(2)4-5-11-7-6-10(3)8-11;/h6-9H,4-5H2,1-3H3;/q2*+1. The molecule has 0 aliphatic heterocycles. The highest BCUT2D eigenvalue weighted by molar-refractivity contribution is 4.61. The van der Waals surface area contributed by atoms with E-state index in [0.717, 1.165) is 12.5 Å². The highest BCUT2D eigenvalue weighted by Gasteiger charge is 2.00. The summed E-state index contributed by atoms with van der Waals surface area (Å²) in [6.07, 6.45) is 7.56. The van der Waals surface area contributed by atoms with E-state index in [1.54, 1.807) is 0 Å². The summed E-state index contributed by atoms with van der Waals surface area (Å²) < 4.78 is 4.29. The predicted octanol–water partition coefficient (Wildman–Crippen LogP) is -1.64. The Kier molecular flexibility index (Phi) is 5.53. The summed E-state index contributed by atoms with van der Waals surface area (Å²) in [6, 6.07) is 0. The molecule has 2 radical (unpaired) electrons. The van der Waals surface area contributed by atoms with Crippen molar-refractivity contribution in [1.29, 1.82) is 0 Å². The Balaban J connectivity index is 0.00000121. The second kappa shape index (κ2) is 5.56. The Morgan fingerprint density at radius 1 is 1.42 bits per heavy atom. The van der Waals surface area contributed by atoms with Gasteiger partial charge in [0.15, 0.2) is 0 Å². The Labute approximate surface area is 91.6 Å². The van der Waals surface area contributed by atoms with Gasteiger partial charge in [0.1, 0.15) is 12.4 Å². The monoisotopic (exact) mass is 280 g/mol. The first-order chi connectivity index (χ1) is 5.18. The Morgan fingerprint density at radius 2 is 2.08 bits per heavy atom. The average Bonchev–Trinajstić information content (AvgIpc) is 2.31. The molecule has 1 heterocycles. The lowest BCUT2D eigenvalue weighted by Gasteiger charge is -1.99. The molecule has 1 rings (SSSR count). The van der Waals surface area contributed by atoms with Crippen molar-refractivity contribution in [3.05, 3.63) is 18.7 Å². The van der Waals surface area contributed by atoms with Crippen molar-refractivity contribution in [3.8, 4) is 0 Å². The van der Waals surface area contributed by atoms with Crippen LogP contribution in [0.2, 0.25) is 0 Å². The lowest BCUT2D eigenvalue weighted by molar-refractivity contribution is -0.697. The van der Waals surface area contributed by atoms with E-state index < -0.39 is 0 Å². The molecule has 0 bridgehead atoms. The highest BCUT2D eigenvalue weighted by atomic mass is 127. The van der Waals surface area contributed by atoms with Crippen LogP contribution in [0.4, 0.5) is 0 Å². The summed E-state index contributed by atoms with van der Waals surface area (Å²) in [5.41, 5.74) is 0. The summed E-state index contributed by atoms with van der Waals surface area (Å²) in [7, 11) is 2.05. The zero-order valence-corrected chi connectivity index (χ0v) is 10.2. The maximum atomic E-state index is 2.25. The number of nitrogens with zero attached hydrogens (tertiary/aromatic N) is 2. The summed E-state index contributed by atoms with van der Waals surface area (Å²) >= 11 is 0. The van der Waals surface area contributed by atoms with Gasteiger partial charge in [-0.15, -0.1) is 0 Å². The van der Waals surface area contributed by atoms with Crippen molar-refractivity contribution in [2.45, 2.75) is 26.8 Å². The van der Waals surface area contributed by atoms with Gasteiger partial charge in [0.2, 0.25) is 6.33 Å². The van der Waals surface area contributed by atoms with Crippen molar-refractivity contribution in [2.24, 2.45) is 13.0 Å². The minimum atomic E-state index is 0. The zero-order chi connectivity index (χ0) is 8.27. The fourth-order valence-electron chi connectivity index (χ4n) is 1.04. The SMILES string of the molecule is CC(C)CC[n+]1ccn(C)c1.[I+]. The van der Waals surface area contributed by atoms with E-state index in [-0.39, 0.29) is 24.0 Å². The van der Waals surface area contributed by atoms with Gasteiger partial charge in [0, 0.05) is 0 Å². The van der Waals surface area contributed by atoms with Crippen LogP contribution in [-0.4, -0.2) is 4.57 Å². The molecular formula is C9H17IN2+2. The number of hydrogen-bond donors (Lipinski definition) is 0. The molecule has 0 amide bonds. The first kappa shape index (κ1) is 11.9. The van der Waals surface area contributed by atoms with Crippen molar-refractivity contribution in [2.75, 3.05) is 0 Å². The van der Waals surface area contributed by atoms with E-state index in [4.69, 9.17) is 0 Å². The molecule has 0 unspecified atom stereocenters. The van der Waals surface area contributed by atoms with Crippen LogP contribution >= 0.6 is 0 Å². The Morgan fingerprint density at radius 3 is 2.50 bits per heavy atom. The van der Waals surface area contributed by atoms with Crippen molar-refractivity contribution < 1.29 is 28.5 Å². The summed E-state index contributed by atoms with van der Waals surface area (Å²) in [4.78, 5) is 0. The molecule has 3 heteroatoms. The van der Waals surface area contributed by atoms with Crippen LogP contribution in [0.25, 0.3) is 0 Å². The summed E-state index contributed by atoms with van der Waals surface area (Å²) in [6.45, 7) is 5.64. The van der Waals surface area contributed by atoms with Crippen LogP contribution in [0.15, 0.2) is 18.7 Å². The first-order valence-electron chi connectivity index (χ1n) is 4.19. The Bertz CT molecular complexity index is 218. The maximum Gasteiger partial charge on any atom is 1.00 e. The quantitative estimate of drug-likeness (QED) is 0.464. The smallest absolute Gasteiger partial charge is 0.240 e. The molecule has 0 spiro atoms. The van der Waals surface area contributed by atoms with Crippen LogP contribution in [0.1, 0.15) is 20.3 Å². The van der Waals surface area contributed by atoms with Gasteiger partial charge < -0.3 is 0 Å². The number of halogens is 1. The molecule has 0 aliphatic rings. The van der Waals surface area contributed by atoms with Gasteiger partial charge in [-0.25, -0.2) is 9.13 Å². The molecule has 0 saturated heterocycles. The van der Waals surface area contributed by atoms with E-state index in [1.165, 1.54) is 6.42 Å². The largest absolute Gasteiger partial charge is 1.00 e. The second-order valence-electron chi connectivity index (χ2n) is 3.50. The lowest BCUT2D eigenvalue weighted by atomic mass is 10.1. The zero-order valence-electron chi connectivity index (χ0n) is 8.00. The minimum Gasteiger partial charge on any atom is -0.240 e. The molecule has 0 saturated carbocycles. The van der Waals surface area contributed by atoms with Crippen LogP contribution < -0.4 is 28.5 Å². The number of hydrogen-bond acceptors (Lipinski definition) is 0. The molecule has 0 atom stereocenters. The molecule has 0 aromatic carbocycles. The molecule has 1 aromatic rings. The number of imidazole rings is 1. The van der Waals surface area contributed by atoms with Crippen molar-refractivity contribution >= 4 is 0 Å². The van der Waals surface area contributed by atoms with Crippen molar-refractivity contribution in [3.63, 3.8) is 0 Å². The first-order valence-corrected chi connectivity index (χ1v) is 4.19. The molecule has 2 nitrogen and oxygen atoms in total. The fourth-order valence-corrected chi connectivity index (χ4v) is 1.04. The number of aryl methyl sites for hydroxylation is 2. The van der Waals surface area contributed by atoms with Gasteiger partial charge in [-0.3, -0.25) is 0 Å². The molecule has 0 fully saturated rings. The number of rotatable bonds is 3. The third-order valence-electron chi connectivity index (χ3n) is 1.79. The van der Waals surface area contributed by atoms with E-state index >= 15 is 0 Å². The van der Waals surface area contributed by atoms with Gasteiger partial charge in [0.05, 0.1) is 13.6 Å². The Hall–Kier alpha value is -0.0600. The van der Waals surface area contributed by atoms with Crippen LogP contribution in [0.5, 0.6) is 0 Å². The molecule has 68 valence electrons. The maximum absolute atomic E-state index is 2.25. The average molecular weight is 280 g/mol. The van der Waals surface area contributed by atoms with Crippen molar-refractivity contribution in [1.82, 2.24) is 4.57 Å². The van der Waals surface area contributed by atoms with Crippen LogP contribution in [0, 0.1) is 5.92 Å². The van der Waals surface area contributed by atoms with E-state index in [9.17, 15) is 0 Å². The van der Waals surface area contributed by atoms with E-state index in [0.29, 0.717) is 0 Å². The molecule has 1 aromatic heterocycles. The summed E-state index contributed by atoms with van der Waals surface area (Å²) in [5, 5.41) is 0. The normalized spacial score (nSPS) is 10.0. The van der Waals surface area contributed by atoms with Gasteiger partial charge in [-0.1, -0.05) is 13.8 Å². The minimum absolute atomic E-state index is 0. The molecule has 12 heavy (non-hydrogen) atoms. The third kappa shape index (κ3) is 4.09. The van der Waals surface area contributed by atoms with E-state index in [2.05, 4.69) is 41.7 Å². The van der Waals surface area contributed by atoms with Crippen LogP contribution in [0.3, 0.4) is 0 Å². The third-order valence-corrected chi connectivity index (χ3v) is 1.79. The van der Waals surface area contributed by atoms with Crippen LogP contribution in [-0.2, 0) is 13.6 Å². The highest BCUT2D eigenvalue weighted by Crippen LogP contribution is 1.97. The molecular weight excluding hydrogens is 263 g/mol. The van der Waals surface area contributed by atoms with Gasteiger partial charge in [-0.05, 0) is 12.3 Å².